The Balaban J connectivity index is 2.42. The van der Waals surface area contributed by atoms with Gasteiger partial charge in [-0.1, -0.05) is 11.6 Å². The molecule has 1 N–H and O–H groups in total. The number of nitrogens with zero attached hydrogens (tertiary/aromatic N) is 1. The molecule has 2 aromatic heterocycles. The largest absolute Gasteiger partial charge is 0.323 e. The summed E-state index contributed by atoms with van der Waals surface area (Å²) in [6, 6.07) is 5.33. The molecule has 21 heavy (non-hydrogen) atoms. The zero-order valence-corrected chi connectivity index (χ0v) is 15.1. The van der Waals surface area contributed by atoms with Gasteiger partial charge in [0.2, 0.25) is 0 Å². The number of aromatic amines is 1. The number of fused-ring (bicyclic) bond motifs is 1. The fraction of sp³-hybridized carbons (Fsp3) is 0.143. The van der Waals surface area contributed by atoms with Crippen LogP contribution in [0.25, 0.3) is 15.9 Å². The van der Waals surface area contributed by atoms with Gasteiger partial charge in [0.15, 0.2) is 4.77 Å². The van der Waals surface area contributed by atoms with Crippen molar-refractivity contribution in [1.29, 1.82) is 0 Å². The van der Waals surface area contributed by atoms with Gasteiger partial charge in [0.25, 0.3) is 5.56 Å². The fourth-order valence-electron chi connectivity index (χ4n) is 2.19. The smallest absolute Gasteiger partial charge is 0.267 e. The van der Waals surface area contributed by atoms with Crippen molar-refractivity contribution in [1.82, 2.24) is 9.55 Å². The van der Waals surface area contributed by atoms with Gasteiger partial charge in [-0.2, -0.15) is 0 Å². The van der Waals surface area contributed by atoms with E-state index >= 15 is 0 Å². The second-order valence-electron chi connectivity index (χ2n) is 4.66. The molecule has 3 rings (SSSR count). The number of H-pyrrole nitrogens is 1. The van der Waals surface area contributed by atoms with Crippen LogP contribution < -0.4 is 5.56 Å². The van der Waals surface area contributed by atoms with Gasteiger partial charge in [-0.3, -0.25) is 9.36 Å². The first kappa shape index (κ1) is 15.0. The molecule has 0 spiro atoms. The van der Waals surface area contributed by atoms with Crippen molar-refractivity contribution in [3.63, 3.8) is 0 Å². The Morgan fingerprint density at radius 1 is 1.38 bits per heavy atom. The van der Waals surface area contributed by atoms with Crippen molar-refractivity contribution in [2.24, 2.45) is 0 Å². The summed E-state index contributed by atoms with van der Waals surface area (Å²) in [6.07, 6.45) is 0. The van der Waals surface area contributed by atoms with E-state index in [-0.39, 0.29) is 5.56 Å². The van der Waals surface area contributed by atoms with Crippen LogP contribution in [-0.4, -0.2) is 9.55 Å². The molecule has 0 saturated carbocycles. The minimum atomic E-state index is -0.117. The number of nitrogens with one attached hydrogen (secondary N) is 1. The van der Waals surface area contributed by atoms with Crippen LogP contribution in [0, 0.1) is 18.6 Å². The number of rotatable bonds is 1. The average molecular weight is 402 g/mol. The van der Waals surface area contributed by atoms with Crippen LogP contribution in [-0.2, 0) is 0 Å². The normalized spacial score (nSPS) is 11.2. The summed E-state index contributed by atoms with van der Waals surface area (Å²) in [7, 11) is 0. The molecule has 0 bridgehead atoms. The number of halogens is 2. The highest BCUT2D eigenvalue weighted by Gasteiger charge is 2.14. The molecule has 3 aromatic rings. The molecule has 0 unspecified atom stereocenters. The van der Waals surface area contributed by atoms with Crippen LogP contribution in [0.15, 0.2) is 27.5 Å². The molecule has 0 fully saturated rings. The van der Waals surface area contributed by atoms with Crippen LogP contribution in [0.3, 0.4) is 0 Å². The number of hydrogen-bond acceptors (Lipinski definition) is 3. The summed E-state index contributed by atoms with van der Waals surface area (Å²) in [5.74, 6) is 0. The lowest BCUT2D eigenvalue weighted by Gasteiger charge is -2.08. The second kappa shape index (κ2) is 5.35. The maximum atomic E-state index is 12.8. The predicted octanol–water partition coefficient (Wildman–Crippen LogP) is 5.14. The molecule has 2 heterocycles. The molecule has 0 amide bonds. The van der Waals surface area contributed by atoms with Crippen molar-refractivity contribution in [3.8, 4) is 5.69 Å². The highest BCUT2D eigenvalue weighted by molar-refractivity contribution is 9.10. The molecule has 0 atom stereocenters. The first-order valence-corrected chi connectivity index (χ1v) is 8.50. The number of benzene rings is 1. The molecule has 7 heteroatoms. The van der Waals surface area contributed by atoms with Crippen LogP contribution in [0.4, 0.5) is 0 Å². The topological polar surface area (TPSA) is 37.8 Å². The van der Waals surface area contributed by atoms with Gasteiger partial charge < -0.3 is 4.98 Å². The van der Waals surface area contributed by atoms with E-state index in [0.717, 1.165) is 19.7 Å². The Hall–Kier alpha value is -0.950. The minimum Gasteiger partial charge on any atom is -0.323 e. The lowest BCUT2D eigenvalue weighted by Crippen LogP contribution is -2.20. The van der Waals surface area contributed by atoms with Gasteiger partial charge in [-0.15, -0.1) is 11.3 Å². The molecule has 1 aromatic carbocycles. The SMILES string of the molecule is Cc1sc2[nH]c(=S)n(-c3ccc(Br)c(Cl)c3)c(=O)c2c1C. The zero-order valence-electron chi connectivity index (χ0n) is 11.2. The van der Waals surface area contributed by atoms with Crippen molar-refractivity contribution < 1.29 is 0 Å². The number of hydrogen-bond donors (Lipinski definition) is 1. The van der Waals surface area contributed by atoms with Crippen LogP contribution in [0.5, 0.6) is 0 Å². The Morgan fingerprint density at radius 3 is 2.76 bits per heavy atom. The lowest BCUT2D eigenvalue weighted by molar-refractivity contribution is 0.942. The Bertz CT molecular complexity index is 987. The highest BCUT2D eigenvalue weighted by Crippen LogP contribution is 2.28. The van der Waals surface area contributed by atoms with Gasteiger partial charge in [-0.25, -0.2) is 0 Å². The van der Waals surface area contributed by atoms with E-state index in [9.17, 15) is 4.79 Å². The first-order valence-electron chi connectivity index (χ1n) is 6.10. The standard InChI is InChI=1S/C14H10BrClN2OS2/c1-6-7(2)21-12-11(6)13(19)18(14(20)17-12)8-3-4-9(15)10(16)5-8/h3-5H,1-2H3,(H,17,20). The van der Waals surface area contributed by atoms with E-state index in [1.54, 1.807) is 29.5 Å². The predicted molar refractivity (Wildman–Crippen MR) is 94.8 cm³/mol. The van der Waals surface area contributed by atoms with Crippen molar-refractivity contribution >= 4 is 61.3 Å². The van der Waals surface area contributed by atoms with Crippen LogP contribution >= 0.6 is 51.1 Å². The third-order valence-corrected chi connectivity index (χ3v) is 6.03. The summed E-state index contributed by atoms with van der Waals surface area (Å²) in [5, 5.41) is 1.22. The highest BCUT2D eigenvalue weighted by atomic mass is 79.9. The van der Waals surface area contributed by atoms with Crippen LogP contribution in [0.2, 0.25) is 5.02 Å². The minimum absolute atomic E-state index is 0.117. The molecule has 0 aliphatic rings. The molecular weight excluding hydrogens is 392 g/mol. The van der Waals surface area contributed by atoms with Gasteiger partial charge in [0.05, 0.1) is 16.1 Å². The maximum absolute atomic E-state index is 12.8. The van der Waals surface area contributed by atoms with Gasteiger partial charge in [-0.05, 0) is 65.8 Å². The summed E-state index contributed by atoms with van der Waals surface area (Å²) in [4.78, 5) is 17.9. The van der Waals surface area contributed by atoms with Crippen molar-refractivity contribution in [2.75, 3.05) is 0 Å². The van der Waals surface area contributed by atoms with Gasteiger partial charge >= 0.3 is 0 Å². The Kier molecular flexibility index (Phi) is 3.81. The molecule has 0 radical (unpaired) electrons. The third kappa shape index (κ3) is 2.40. The maximum Gasteiger partial charge on any atom is 0.267 e. The molecule has 108 valence electrons. The molecular formula is C14H10BrClN2OS2. The molecule has 0 aliphatic heterocycles. The fourth-order valence-corrected chi connectivity index (χ4v) is 4.02. The van der Waals surface area contributed by atoms with E-state index in [2.05, 4.69) is 20.9 Å². The number of thiophene rings is 1. The monoisotopic (exact) mass is 400 g/mol. The molecule has 0 aliphatic carbocycles. The number of aromatic nitrogens is 2. The van der Waals surface area contributed by atoms with E-state index < -0.39 is 0 Å². The van der Waals surface area contributed by atoms with Gasteiger partial charge in [0.1, 0.15) is 4.83 Å². The summed E-state index contributed by atoms with van der Waals surface area (Å²) in [5.41, 5.74) is 1.52. The summed E-state index contributed by atoms with van der Waals surface area (Å²) in [6.45, 7) is 3.95. The average Bonchev–Trinajstić information content (AvgIpc) is 2.69. The molecule has 0 saturated heterocycles. The third-order valence-electron chi connectivity index (χ3n) is 3.39. The van der Waals surface area contributed by atoms with Crippen molar-refractivity contribution in [2.45, 2.75) is 13.8 Å². The molecule has 3 nitrogen and oxygen atoms in total. The Morgan fingerprint density at radius 2 is 2.10 bits per heavy atom. The van der Waals surface area contributed by atoms with E-state index in [4.69, 9.17) is 23.8 Å². The lowest BCUT2D eigenvalue weighted by atomic mass is 10.2. The van der Waals surface area contributed by atoms with E-state index in [0.29, 0.717) is 20.9 Å². The summed E-state index contributed by atoms with van der Waals surface area (Å²) >= 11 is 16.3. The van der Waals surface area contributed by atoms with E-state index in [1.807, 2.05) is 13.8 Å². The number of aryl methyl sites for hydroxylation is 2. The van der Waals surface area contributed by atoms with E-state index in [1.165, 1.54) is 4.57 Å². The summed E-state index contributed by atoms with van der Waals surface area (Å²) < 4.78 is 2.63. The Labute approximate surface area is 143 Å². The van der Waals surface area contributed by atoms with Gasteiger partial charge in [0, 0.05) is 9.35 Å². The van der Waals surface area contributed by atoms with Crippen LogP contribution in [0.1, 0.15) is 10.4 Å². The zero-order chi connectivity index (χ0) is 15.3. The first-order chi connectivity index (χ1) is 9.90. The second-order valence-corrected chi connectivity index (χ2v) is 7.53. The van der Waals surface area contributed by atoms with Crippen molar-refractivity contribution in [3.05, 3.63) is 53.3 Å². The quantitative estimate of drug-likeness (QED) is 0.573.